The summed E-state index contributed by atoms with van der Waals surface area (Å²) < 4.78 is 37.9. The summed E-state index contributed by atoms with van der Waals surface area (Å²) >= 11 is 0. The molecule has 2 N–H and O–H groups in total. The number of hydrogen-bond acceptors (Lipinski definition) is 5. The summed E-state index contributed by atoms with van der Waals surface area (Å²) in [7, 11) is 0. The number of benzene rings is 1. The fourth-order valence-electron chi connectivity index (χ4n) is 1.62. The van der Waals surface area contributed by atoms with E-state index in [1.165, 1.54) is 12.1 Å². The quantitative estimate of drug-likeness (QED) is 0.829. The number of nitrogens with zero attached hydrogens (tertiary/aromatic N) is 4. The lowest BCUT2D eigenvalue weighted by molar-refractivity contribution is -0.138. The SMILES string of the molecule is O=C(O)CNC(=O)Cn1nnc(-c2cccc(C(F)(F)F)c2)n1. The second-order valence-electron chi connectivity index (χ2n) is 4.39. The third kappa shape index (κ3) is 4.49. The van der Waals surface area contributed by atoms with Gasteiger partial charge in [-0.2, -0.15) is 18.0 Å². The fourth-order valence-corrected chi connectivity index (χ4v) is 1.62. The number of aromatic nitrogens is 4. The molecule has 0 bridgehead atoms. The van der Waals surface area contributed by atoms with Crippen molar-refractivity contribution in [2.75, 3.05) is 6.54 Å². The predicted molar refractivity (Wildman–Crippen MR) is 68.9 cm³/mol. The molecule has 122 valence electrons. The van der Waals surface area contributed by atoms with Crippen molar-refractivity contribution in [3.05, 3.63) is 29.8 Å². The zero-order chi connectivity index (χ0) is 17.0. The minimum atomic E-state index is -4.50. The smallest absolute Gasteiger partial charge is 0.416 e. The van der Waals surface area contributed by atoms with Crippen LogP contribution in [0.15, 0.2) is 24.3 Å². The summed E-state index contributed by atoms with van der Waals surface area (Å²) in [6.45, 7) is -0.965. The molecule has 0 unspecified atom stereocenters. The highest BCUT2D eigenvalue weighted by atomic mass is 19.4. The number of halogens is 3. The zero-order valence-corrected chi connectivity index (χ0v) is 11.4. The summed E-state index contributed by atoms with van der Waals surface area (Å²) in [6.07, 6.45) is -4.50. The van der Waals surface area contributed by atoms with Gasteiger partial charge < -0.3 is 10.4 Å². The lowest BCUT2D eigenvalue weighted by Crippen LogP contribution is -2.32. The average Bonchev–Trinajstić information content (AvgIpc) is 2.93. The van der Waals surface area contributed by atoms with Crippen LogP contribution in [0, 0.1) is 0 Å². The summed E-state index contributed by atoms with van der Waals surface area (Å²) in [4.78, 5) is 22.6. The highest BCUT2D eigenvalue weighted by Gasteiger charge is 2.30. The Labute approximate surface area is 126 Å². The largest absolute Gasteiger partial charge is 0.480 e. The van der Waals surface area contributed by atoms with Gasteiger partial charge in [-0.25, -0.2) is 0 Å². The third-order valence-electron chi connectivity index (χ3n) is 2.62. The first kappa shape index (κ1) is 16.4. The van der Waals surface area contributed by atoms with Gasteiger partial charge in [0, 0.05) is 5.56 Å². The standard InChI is InChI=1S/C12H10F3N5O3/c13-12(14,15)8-3-1-2-7(4-8)11-17-19-20(18-11)6-9(21)16-5-10(22)23/h1-4H,5-6H2,(H,16,21)(H,22,23). The van der Waals surface area contributed by atoms with Crippen molar-refractivity contribution in [1.82, 2.24) is 25.5 Å². The van der Waals surface area contributed by atoms with Gasteiger partial charge in [-0.3, -0.25) is 9.59 Å². The number of carbonyl (C=O) groups excluding carboxylic acids is 1. The van der Waals surface area contributed by atoms with Gasteiger partial charge in [-0.1, -0.05) is 12.1 Å². The van der Waals surface area contributed by atoms with Crippen LogP contribution in [0.1, 0.15) is 5.56 Å². The van der Waals surface area contributed by atoms with Crippen LogP contribution >= 0.6 is 0 Å². The van der Waals surface area contributed by atoms with Gasteiger partial charge in [-0.05, 0) is 17.3 Å². The van der Waals surface area contributed by atoms with Crippen LogP contribution in [-0.4, -0.2) is 43.7 Å². The van der Waals surface area contributed by atoms with Gasteiger partial charge in [0.1, 0.15) is 13.1 Å². The Hall–Kier alpha value is -2.98. The monoisotopic (exact) mass is 329 g/mol. The zero-order valence-electron chi connectivity index (χ0n) is 11.4. The van der Waals surface area contributed by atoms with E-state index in [1.807, 2.05) is 0 Å². The van der Waals surface area contributed by atoms with Crippen LogP contribution in [0.3, 0.4) is 0 Å². The Morgan fingerprint density at radius 2 is 2.04 bits per heavy atom. The Morgan fingerprint density at radius 3 is 2.70 bits per heavy atom. The fraction of sp³-hybridized carbons (Fsp3) is 0.250. The molecule has 0 fully saturated rings. The summed E-state index contributed by atoms with van der Waals surface area (Å²) in [5, 5.41) is 21.4. The Bertz CT molecular complexity index is 729. The normalized spacial score (nSPS) is 11.3. The van der Waals surface area contributed by atoms with E-state index in [1.54, 1.807) is 0 Å². The van der Waals surface area contributed by atoms with E-state index in [-0.39, 0.29) is 11.4 Å². The number of aliphatic carboxylic acids is 1. The number of carboxylic acid groups (broad SMARTS) is 1. The van der Waals surface area contributed by atoms with Crippen molar-refractivity contribution in [3.8, 4) is 11.4 Å². The van der Waals surface area contributed by atoms with Crippen molar-refractivity contribution < 1.29 is 27.9 Å². The minimum absolute atomic E-state index is 0.0814. The lowest BCUT2D eigenvalue weighted by atomic mass is 10.1. The summed E-state index contributed by atoms with van der Waals surface area (Å²) in [5.41, 5.74) is -0.762. The van der Waals surface area contributed by atoms with E-state index in [0.29, 0.717) is 0 Å². The van der Waals surface area contributed by atoms with Crippen LogP contribution in [0.2, 0.25) is 0 Å². The first-order chi connectivity index (χ1) is 10.8. The molecule has 0 radical (unpaired) electrons. The molecule has 0 saturated heterocycles. The predicted octanol–water partition coefficient (Wildman–Crippen LogP) is 0.560. The van der Waals surface area contributed by atoms with Gasteiger partial charge in [0.15, 0.2) is 0 Å². The van der Waals surface area contributed by atoms with E-state index in [0.717, 1.165) is 16.9 Å². The van der Waals surface area contributed by atoms with Crippen LogP contribution in [-0.2, 0) is 22.3 Å². The molecule has 23 heavy (non-hydrogen) atoms. The Morgan fingerprint density at radius 1 is 1.30 bits per heavy atom. The maximum absolute atomic E-state index is 12.6. The number of carboxylic acids is 1. The Balaban J connectivity index is 2.10. The molecular formula is C12H10F3N5O3. The number of amides is 1. The average molecular weight is 329 g/mol. The molecule has 1 aromatic heterocycles. The maximum Gasteiger partial charge on any atom is 0.416 e. The number of alkyl halides is 3. The minimum Gasteiger partial charge on any atom is -0.480 e. The van der Waals surface area contributed by atoms with Crippen molar-refractivity contribution in [3.63, 3.8) is 0 Å². The molecule has 0 aliphatic carbocycles. The van der Waals surface area contributed by atoms with Crippen LogP contribution < -0.4 is 5.32 Å². The van der Waals surface area contributed by atoms with E-state index in [9.17, 15) is 22.8 Å². The molecule has 0 atom stereocenters. The number of carbonyl (C=O) groups is 2. The van der Waals surface area contributed by atoms with E-state index >= 15 is 0 Å². The first-order valence-corrected chi connectivity index (χ1v) is 6.19. The van der Waals surface area contributed by atoms with Crippen LogP contribution in [0.4, 0.5) is 13.2 Å². The van der Waals surface area contributed by atoms with Gasteiger partial charge in [0.2, 0.25) is 11.7 Å². The molecule has 0 aliphatic heterocycles. The molecule has 2 rings (SSSR count). The van der Waals surface area contributed by atoms with Crippen molar-refractivity contribution in [2.45, 2.75) is 12.7 Å². The van der Waals surface area contributed by atoms with Crippen molar-refractivity contribution in [2.24, 2.45) is 0 Å². The molecule has 8 nitrogen and oxygen atoms in total. The molecule has 0 saturated carbocycles. The molecule has 1 amide bonds. The van der Waals surface area contributed by atoms with E-state index < -0.39 is 36.7 Å². The highest BCUT2D eigenvalue weighted by Crippen LogP contribution is 2.31. The van der Waals surface area contributed by atoms with Crippen molar-refractivity contribution in [1.29, 1.82) is 0 Å². The molecular weight excluding hydrogens is 319 g/mol. The van der Waals surface area contributed by atoms with Gasteiger partial charge in [-0.15, -0.1) is 10.2 Å². The van der Waals surface area contributed by atoms with Gasteiger partial charge in [0.25, 0.3) is 0 Å². The highest BCUT2D eigenvalue weighted by molar-refractivity contribution is 5.80. The Kier molecular flexibility index (Phi) is 4.57. The molecule has 1 aromatic carbocycles. The number of nitrogens with one attached hydrogen (secondary N) is 1. The van der Waals surface area contributed by atoms with E-state index in [4.69, 9.17) is 5.11 Å². The van der Waals surface area contributed by atoms with Crippen molar-refractivity contribution >= 4 is 11.9 Å². The van der Waals surface area contributed by atoms with Crippen LogP contribution in [0.5, 0.6) is 0 Å². The molecule has 2 aromatic rings. The topological polar surface area (TPSA) is 110 Å². The maximum atomic E-state index is 12.6. The second kappa shape index (κ2) is 6.42. The number of rotatable bonds is 5. The molecule has 11 heteroatoms. The van der Waals surface area contributed by atoms with Crippen LogP contribution in [0.25, 0.3) is 11.4 Å². The third-order valence-corrected chi connectivity index (χ3v) is 2.62. The molecule has 1 heterocycles. The first-order valence-electron chi connectivity index (χ1n) is 6.19. The lowest BCUT2D eigenvalue weighted by Gasteiger charge is -2.06. The molecule has 0 spiro atoms. The van der Waals surface area contributed by atoms with Gasteiger partial charge >= 0.3 is 12.1 Å². The van der Waals surface area contributed by atoms with E-state index in [2.05, 4.69) is 20.7 Å². The summed E-state index contributed by atoms with van der Waals surface area (Å²) in [5.74, 6) is -1.96. The number of hydrogen-bond donors (Lipinski definition) is 2. The summed E-state index contributed by atoms with van der Waals surface area (Å²) in [6, 6.07) is 4.36. The molecule has 0 aliphatic rings. The second-order valence-corrected chi connectivity index (χ2v) is 4.39. The number of tetrazole rings is 1. The van der Waals surface area contributed by atoms with Gasteiger partial charge in [0.05, 0.1) is 5.56 Å².